The molecule has 3 rings (SSSR count). The summed E-state index contributed by atoms with van der Waals surface area (Å²) in [6.45, 7) is 10.8. The van der Waals surface area contributed by atoms with E-state index in [-0.39, 0.29) is 17.2 Å². The predicted octanol–water partition coefficient (Wildman–Crippen LogP) is 2.64. The summed E-state index contributed by atoms with van der Waals surface area (Å²) < 4.78 is 1.75. The van der Waals surface area contributed by atoms with Crippen LogP contribution in [0.2, 0.25) is 0 Å². The predicted molar refractivity (Wildman–Crippen MR) is 110 cm³/mol. The molecule has 7 heteroatoms. The van der Waals surface area contributed by atoms with Gasteiger partial charge in [0, 0.05) is 31.7 Å². The van der Waals surface area contributed by atoms with Gasteiger partial charge in [-0.2, -0.15) is 0 Å². The number of carboxylic acid groups (broad SMARTS) is 1. The summed E-state index contributed by atoms with van der Waals surface area (Å²) in [6.07, 6.45) is 1.88. The lowest BCUT2D eigenvalue weighted by Crippen LogP contribution is -2.55. The van der Waals surface area contributed by atoms with Gasteiger partial charge in [-0.05, 0) is 45.4 Å². The number of aromatic nitrogens is 2. The minimum Gasteiger partial charge on any atom is -0.478 e. The van der Waals surface area contributed by atoms with Gasteiger partial charge >= 0.3 is 5.97 Å². The summed E-state index contributed by atoms with van der Waals surface area (Å²) in [5, 5.41) is 13.3. The third kappa shape index (κ3) is 3.95. The molecular formula is C21H30N4O3. The summed E-state index contributed by atoms with van der Waals surface area (Å²) in [4.78, 5) is 31.7. The van der Waals surface area contributed by atoms with Crippen molar-refractivity contribution in [2.75, 3.05) is 13.1 Å². The first-order chi connectivity index (χ1) is 13.3. The molecule has 1 aromatic heterocycles. The van der Waals surface area contributed by atoms with Crippen molar-refractivity contribution in [3.05, 3.63) is 39.9 Å². The molecular weight excluding hydrogens is 356 g/mol. The fourth-order valence-electron chi connectivity index (χ4n) is 4.30. The van der Waals surface area contributed by atoms with E-state index >= 15 is 0 Å². The Hall–Kier alpha value is -2.25. The zero-order chi connectivity index (χ0) is 20.4. The maximum Gasteiger partial charge on any atom is 0.335 e. The first-order valence-electron chi connectivity index (χ1n) is 10.1. The van der Waals surface area contributed by atoms with Crippen molar-refractivity contribution >= 4 is 16.9 Å². The third-order valence-corrected chi connectivity index (χ3v) is 5.43. The average molecular weight is 386 g/mol. The average Bonchev–Trinajstić information content (AvgIpc) is 2.64. The highest BCUT2D eigenvalue weighted by molar-refractivity contribution is 5.92. The van der Waals surface area contributed by atoms with E-state index in [4.69, 9.17) is 4.98 Å². The Morgan fingerprint density at radius 1 is 1.29 bits per heavy atom. The van der Waals surface area contributed by atoms with Crippen molar-refractivity contribution < 1.29 is 9.90 Å². The first kappa shape index (κ1) is 20.5. The molecule has 0 aliphatic carbocycles. The van der Waals surface area contributed by atoms with E-state index in [1.54, 1.807) is 10.6 Å². The molecule has 0 radical (unpaired) electrons. The van der Waals surface area contributed by atoms with Gasteiger partial charge in [-0.3, -0.25) is 14.3 Å². The number of hydrogen-bond acceptors (Lipinski definition) is 5. The summed E-state index contributed by atoms with van der Waals surface area (Å²) >= 11 is 0. The van der Waals surface area contributed by atoms with Crippen LogP contribution in [-0.4, -0.2) is 50.7 Å². The lowest BCUT2D eigenvalue weighted by Gasteiger charge is -2.41. The van der Waals surface area contributed by atoms with E-state index in [1.807, 2.05) is 6.92 Å². The number of piperazine rings is 1. The molecule has 0 saturated carbocycles. The van der Waals surface area contributed by atoms with Crippen molar-refractivity contribution in [3.8, 4) is 0 Å². The summed E-state index contributed by atoms with van der Waals surface area (Å²) in [7, 11) is 0. The zero-order valence-corrected chi connectivity index (χ0v) is 17.1. The SMILES string of the molecule is CCCC(c1nc2cc(C(=O)O)ccc2c(=O)n1CC)N1C[C@@H](C)N[C@@H](C)C1. The van der Waals surface area contributed by atoms with E-state index in [9.17, 15) is 14.7 Å². The molecule has 28 heavy (non-hydrogen) atoms. The van der Waals surface area contributed by atoms with Crippen LogP contribution in [0.5, 0.6) is 0 Å². The van der Waals surface area contributed by atoms with Crippen molar-refractivity contribution in [1.82, 2.24) is 19.8 Å². The van der Waals surface area contributed by atoms with Crippen LogP contribution in [0, 0.1) is 0 Å². The molecule has 2 aromatic rings. The highest BCUT2D eigenvalue weighted by Gasteiger charge is 2.30. The lowest BCUT2D eigenvalue weighted by atomic mass is 10.0. The number of benzene rings is 1. The molecule has 2 N–H and O–H groups in total. The Bertz CT molecular complexity index is 914. The topological polar surface area (TPSA) is 87.5 Å². The van der Waals surface area contributed by atoms with Crippen LogP contribution in [0.3, 0.4) is 0 Å². The molecule has 7 nitrogen and oxygen atoms in total. The van der Waals surface area contributed by atoms with Gasteiger partial charge in [-0.1, -0.05) is 13.3 Å². The van der Waals surface area contributed by atoms with E-state index in [1.165, 1.54) is 12.1 Å². The van der Waals surface area contributed by atoms with Crippen LogP contribution in [-0.2, 0) is 6.54 Å². The first-order valence-corrected chi connectivity index (χ1v) is 10.1. The lowest BCUT2D eigenvalue weighted by molar-refractivity contribution is 0.0697. The summed E-state index contributed by atoms with van der Waals surface area (Å²) in [5.74, 6) is -0.273. The molecule has 2 heterocycles. The fourth-order valence-corrected chi connectivity index (χ4v) is 4.30. The van der Waals surface area contributed by atoms with Crippen LogP contribution in [0.15, 0.2) is 23.0 Å². The van der Waals surface area contributed by atoms with Crippen LogP contribution in [0.1, 0.15) is 62.8 Å². The van der Waals surface area contributed by atoms with Crippen LogP contribution in [0.25, 0.3) is 10.9 Å². The number of carbonyl (C=O) groups is 1. The molecule has 1 aliphatic rings. The zero-order valence-electron chi connectivity index (χ0n) is 17.1. The van der Waals surface area contributed by atoms with Gasteiger partial charge in [0.2, 0.25) is 0 Å². The number of nitrogens with one attached hydrogen (secondary N) is 1. The molecule has 0 bridgehead atoms. The highest BCUT2D eigenvalue weighted by Crippen LogP contribution is 2.27. The van der Waals surface area contributed by atoms with E-state index < -0.39 is 5.97 Å². The Morgan fingerprint density at radius 2 is 1.96 bits per heavy atom. The largest absolute Gasteiger partial charge is 0.478 e. The minimum absolute atomic E-state index is 0.0301. The van der Waals surface area contributed by atoms with E-state index in [0.717, 1.165) is 31.8 Å². The molecule has 3 atom stereocenters. The van der Waals surface area contributed by atoms with Crippen LogP contribution in [0.4, 0.5) is 0 Å². The third-order valence-electron chi connectivity index (χ3n) is 5.43. The molecule has 1 aromatic carbocycles. The number of rotatable bonds is 6. The number of hydrogen-bond donors (Lipinski definition) is 2. The maximum absolute atomic E-state index is 13.1. The smallest absolute Gasteiger partial charge is 0.335 e. The van der Waals surface area contributed by atoms with Gasteiger partial charge in [0.05, 0.1) is 22.5 Å². The Balaban J connectivity index is 2.16. The number of aromatic carboxylic acids is 1. The molecule has 152 valence electrons. The number of nitrogens with zero attached hydrogens (tertiary/aromatic N) is 3. The van der Waals surface area contributed by atoms with Gasteiger partial charge in [0.1, 0.15) is 5.82 Å². The second-order valence-electron chi connectivity index (χ2n) is 7.78. The molecule has 0 spiro atoms. The monoisotopic (exact) mass is 386 g/mol. The quantitative estimate of drug-likeness (QED) is 0.794. The van der Waals surface area contributed by atoms with E-state index in [2.05, 4.69) is 31.0 Å². The number of fused-ring (bicyclic) bond motifs is 1. The molecule has 1 unspecified atom stereocenters. The Kier molecular flexibility index (Phi) is 6.15. The maximum atomic E-state index is 13.1. The molecule has 1 aliphatic heterocycles. The standard InChI is InChI=1S/C21H30N4O3/c1-5-7-18(24-11-13(3)22-14(4)12-24)19-23-17-10-15(21(27)28)8-9-16(17)20(26)25(19)6-2/h8-10,13-14,18,22H,5-7,11-12H2,1-4H3,(H,27,28)/t13-,14+,18?. The Labute approximate surface area is 165 Å². The van der Waals surface area contributed by atoms with Crippen molar-refractivity contribution in [2.24, 2.45) is 0 Å². The van der Waals surface area contributed by atoms with Gasteiger partial charge < -0.3 is 10.4 Å². The summed E-state index contributed by atoms with van der Waals surface area (Å²) in [6, 6.07) is 5.31. The van der Waals surface area contributed by atoms with Crippen LogP contribution >= 0.6 is 0 Å². The second-order valence-corrected chi connectivity index (χ2v) is 7.78. The van der Waals surface area contributed by atoms with Crippen molar-refractivity contribution in [2.45, 2.75) is 65.2 Å². The molecule has 1 fully saturated rings. The van der Waals surface area contributed by atoms with Gasteiger partial charge in [0.15, 0.2) is 0 Å². The second kappa shape index (κ2) is 8.41. The van der Waals surface area contributed by atoms with E-state index in [0.29, 0.717) is 29.5 Å². The van der Waals surface area contributed by atoms with Crippen molar-refractivity contribution in [3.63, 3.8) is 0 Å². The Morgan fingerprint density at radius 3 is 2.54 bits per heavy atom. The van der Waals surface area contributed by atoms with Gasteiger partial charge in [-0.25, -0.2) is 9.78 Å². The van der Waals surface area contributed by atoms with Crippen LogP contribution < -0.4 is 10.9 Å². The minimum atomic E-state index is -1.01. The van der Waals surface area contributed by atoms with Gasteiger partial charge in [0.25, 0.3) is 5.56 Å². The van der Waals surface area contributed by atoms with Gasteiger partial charge in [-0.15, -0.1) is 0 Å². The fraction of sp³-hybridized carbons (Fsp3) is 0.571. The molecule has 1 saturated heterocycles. The van der Waals surface area contributed by atoms with Crippen molar-refractivity contribution in [1.29, 1.82) is 0 Å². The summed E-state index contributed by atoms with van der Waals surface area (Å²) in [5.41, 5.74) is 0.509. The molecule has 0 amide bonds. The number of carboxylic acids is 1. The highest BCUT2D eigenvalue weighted by atomic mass is 16.4. The normalized spacial score (nSPS) is 21.7.